The van der Waals surface area contributed by atoms with Gasteiger partial charge in [-0.15, -0.1) is 6.58 Å². The van der Waals surface area contributed by atoms with Crippen molar-refractivity contribution in [2.75, 3.05) is 0 Å². The predicted octanol–water partition coefficient (Wildman–Crippen LogP) is 2.48. The summed E-state index contributed by atoms with van der Waals surface area (Å²) in [6.45, 7) is 3.63. The quantitative estimate of drug-likeness (QED) is 0.683. The fourth-order valence-electron chi connectivity index (χ4n) is 1.92. The highest BCUT2D eigenvalue weighted by Crippen LogP contribution is 2.44. The molecule has 0 aliphatic heterocycles. The summed E-state index contributed by atoms with van der Waals surface area (Å²) in [5.41, 5.74) is 0.731. The van der Waals surface area contributed by atoms with E-state index in [9.17, 15) is 5.11 Å². The number of benzene rings is 1. The van der Waals surface area contributed by atoms with Crippen LogP contribution in [-0.4, -0.2) is 10.7 Å². The van der Waals surface area contributed by atoms with Crippen LogP contribution in [-0.2, 0) is 0 Å². The molecule has 0 heterocycles. The Labute approximate surface area is 78.7 Å². The van der Waals surface area contributed by atoms with Gasteiger partial charge in [-0.25, -0.2) is 0 Å². The van der Waals surface area contributed by atoms with Gasteiger partial charge < -0.3 is 5.11 Å². The standard InChI is InChI=1S/C12H14O/c1-2-12(13)8-11(9-12)10-6-4-3-5-7-10/h2-7,11,13H,1,8-9H2. The molecule has 0 atom stereocenters. The number of rotatable bonds is 2. The minimum atomic E-state index is -0.597. The molecule has 1 aromatic carbocycles. The molecule has 2 rings (SSSR count). The lowest BCUT2D eigenvalue weighted by atomic mass is 9.68. The first-order valence-corrected chi connectivity index (χ1v) is 4.64. The first kappa shape index (κ1) is 8.52. The lowest BCUT2D eigenvalue weighted by Crippen LogP contribution is -2.40. The van der Waals surface area contributed by atoms with E-state index < -0.39 is 5.60 Å². The molecule has 1 N–H and O–H groups in total. The maximum absolute atomic E-state index is 9.73. The van der Waals surface area contributed by atoms with E-state index >= 15 is 0 Å². The molecule has 1 nitrogen and oxygen atoms in total. The number of hydrogen-bond acceptors (Lipinski definition) is 1. The summed E-state index contributed by atoms with van der Waals surface area (Å²) in [7, 11) is 0. The topological polar surface area (TPSA) is 20.2 Å². The molecule has 0 amide bonds. The second kappa shape index (κ2) is 3.00. The predicted molar refractivity (Wildman–Crippen MR) is 53.6 cm³/mol. The van der Waals surface area contributed by atoms with E-state index in [-0.39, 0.29) is 0 Å². The summed E-state index contributed by atoms with van der Waals surface area (Å²) in [6, 6.07) is 10.3. The summed E-state index contributed by atoms with van der Waals surface area (Å²) < 4.78 is 0. The van der Waals surface area contributed by atoms with Gasteiger partial charge in [0.25, 0.3) is 0 Å². The van der Waals surface area contributed by atoms with Gasteiger partial charge in [0.05, 0.1) is 5.60 Å². The van der Waals surface area contributed by atoms with Gasteiger partial charge in [0.15, 0.2) is 0 Å². The highest BCUT2D eigenvalue weighted by Gasteiger charge is 2.40. The molecule has 1 aliphatic rings. The van der Waals surface area contributed by atoms with Gasteiger partial charge in [0.1, 0.15) is 0 Å². The van der Waals surface area contributed by atoms with Crippen LogP contribution >= 0.6 is 0 Å². The third-order valence-corrected chi connectivity index (χ3v) is 2.85. The minimum absolute atomic E-state index is 0.518. The van der Waals surface area contributed by atoms with Crippen molar-refractivity contribution in [2.45, 2.75) is 24.4 Å². The first-order valence-electron chi connectivity index (χ1n) is 4.64. The summed E-state index contributed by atoms with van der Waals surface area (Å²) in [4.78, 5) is 0. The Morgan fingerprint density at radius 2 is 1.92 bits per heavy atom. The summed E-state index contributed by atoms with van der Waals surface area (Å²) >= 11 is 0. The molecule has 0 saturated heterocycles. The van der Waals surface area contributed by atoms with Crippen molar-refractivity contribution < 1.29 is 5.11 Å². The van der Waals surface area contributed by atoms with Gasteiger partial charge in [-0.2, -0.15) is 0 Å². The van der Waals surface area contributed by atoms with Gasteiger partial charge in [0.2, 0.25) is 0 Å². The molecule has 1 aromatic rings. The molecule has 13 heavy (non-hydrogen) atoms. The maximum Gasteiger partial charge on any atom is 0.0836 e. The van der Waals surface area contributed by atoms with E-state index in [1.165, 1.54) is 5.56 Å². The Morgan fingerprint density at radius 3 is 2.46 bits per heavy atom. The molecule has 1 saturated carbocycles. The maximum atomic E-state index is 9.73. The molecular weight excluding hydrogens is 160 g/mol. The van der Waals surface area contributed by atoms with Crippen LogP contribution in [0.4, 0.5) is 0 Å². The molecule has 0 bridgehead atoms. The Morgan fingerprint density at radius 1 is 1.31 bits per heavy atom. The highest BCUT2D eigenvalue weighted by atomic mass is 16.3. The van der Waals surface area contributed by atoms with E-state index in [1.807, 2.05) is 18.2 Å². The van der Waals surface area contributed by atoms with Crippen LogP contribution in [0, 0.1) is 0 Å². The largest absolute Gasteiger partial charge is 0.386 e. The Balaban J connectivity index is 2.05. The van der Waals surface area contributed by atoms with Crippen molar-refractivity contribution in [3.05, 3.63) is 48.6 Å². The lowest BCUT2D eigenvalue weighted by molar-refractivity contribution is -0.00312. The van der Waals surface area contributed by atoms with Crippen LogP contribution < -0.4 is 0 Å². The zero-order valence-electron chi connectivity index (χ0n) is 7.61. The van der Waals surface area contributed by atoms with E-state index in [2.05, 4.69) is 18.7 Å². The summed E-state index contributed by atoms with van der Waals surface area (Å²) in [5.74, 6) is 0.518. The zero-order valence-corrected chi connectivity index (χ0v) is 7.61. The van der Waals surface area contributed by atoms with Crippen LogP contribution in [0.2, 0.25) is 0 Å². The molecule has 1 aliphatic carbocycles. The smallest absolute Gasteiger partial charge is 0.0836 e. The highest BCUT2D eigenvalue weighted by molar-refractivity contribution is 5.26. The van der Waals surface area contributed by atoms with Crippen LogP contribution in [0.3, 0.4) is 0 Å². The molecule has 0 radical (unpaired) electrons. The second-order valence-electron chi connectivity index (χ2n) is 3.82. The van der Waals surface area contributed by atoms with E-state index in [4.69, 9.17) is 0 Å². The normalized spacial score (nSPS) is 32.2. The monoisotopic (exact) mass is 174 g/mol. The lowest BCUT2D eigenvalue weighted by Gasteiger charge is -2.41. The van der Waals surface area contributed by atoms with Gasteiger partial charge in [-0.05, 0) is 24.3 Å². The van der Waals surface area contributed by atoms with Crippen LogP contribution in [0.25, 0.3) is 0 Å². The van der Waals surface area contributed by atoms with Crippen LogP contribution in [0.15, 0.2) is 43.0 Å². The average molecular weight is 174 g/mol. The van der Waals surface area contributed by atoms with E-state index in [1.54, 1.807) is 6.08 Å². The molecule has 1 heteroatoms. The van der Waals surface area contributed by atoms with E-state index in [0.29, 0.717) is 5.92 Å². The van der Waals surface area contributed by atoms with Gasteiger partial charge in [-0.3, -0.25) is 0 Å². The van der Waals surface area contributed by atoms with Crippen molar-refractivity contribution >= 4 is 0 Å². The Kier molecular flexibility index (Phi) is 1.97. The number of aliphatic hydroxyl groups is 1. The Hall–Kier alpha value is -1.08. The summed E-state index contributed by atoms with van der Waals surface area (Å²) in [5, 5.41) is 9.73. The average Bonchev–Trinajstić information content (AvgIpc) is 2.14. The molecule has 0 aromatic heterocycles. The van der Waals surface area contributed by atoms with Gasteiger partial charge >= 0.3 is 0 Å². The van der Waals surface area contributed by atoms with E-state index in [0.717, 1.165) is 12.8 Å². The number of hydrogen-bond donors (Lipinski definition) is 1. The third kappa shape index (κ3) is 1.52. The fraction of sp³-hybridized carbons (Fsp3) is 0.333. The Bertz CT molecular complexity index is 296. The third-order valence-electron chi connectivity index (χ3n) is 2.85. The SMILES string of the molecule is C=CC1(O)CC(c2ccccc2)C1. The van der Waals surface area contributed by atoms with Crippen molar-refractivity contribution in [2.24, 2.45) is 0 Å². The van der Waals surface area contributed by atoms with Crippen molar-refractivity contribution in [1.29, 1.82) is 0 Å². The van der Waals surface area contributed by atoms with Crippen molar-refractivity contribution in [1.82, 2.24) is 0 Å². The molecule has 1 fully saturated rings. The zero-order chi connectivity index (χ0) is 9.31. The fourth-order valence-corrected chi connectivity index (χ4v) is 1.92. The molecular formula is C12H14O. The second-order valence-corrected chi connectivity index (χ2v) is 3.82. The first-order chi connectivity index (χ1) is 6.23. The summed E-state index contributed by atoms with van der Waals surface area (Å²) in [6.07, 6.45) is 3.30. The van der Waals surface area contributed by atoms with Crippen molar-refractivity contribution in [3.8, 4) is 0 Å². The molecule has 0 unspecified atom stereocenters. The van der Waals surface area contributed by atoms with Crippen LogP contribution in [0.1, 0.15) is 24.3 Å². The molecule has 68 valence electrons. The van der Waals surface area contributed by atoms with Crippen LogP contribution in [0.5, 0.6) is 0 Å². The van der Waals surface area contributed by atoms with Crippen molar-refractivity contribution in [3.63, 3.8) is 0 Å². The molecule has 0 spiro atoms. The van der Waals surface area contributed by atoms with Gasteiger partial charge in [0, 0.05) is 0 Å². The van der Waals surface area contributed by atoms with Gasteiger partial charge in [-0.1, -0.05) is 36.4 Å². The minimum Gasteiger partial charge on any atom is -0.386 e.